The Bertz CT molecular complexity index is 670. The summed E-state index contributed by atoms with van der Waals surface area (Å²) in [6, 6.07) is 0. The molecule has 0 bridgehead atoms. The van der Waals surface area contributed by atoms with E-state index in [0.29, 0.717) is 0 Å². The van der Waals surface area contributed by atoms with Crippen LogP contribution in [0.25, 0.3) is 0 Å². The summed E-state index contributed by atoms with van der Waals surface area (Å²) in [6.45, 7) is 3.83. The molecule has 0 aromatic heterocycles. The zero-order valence-corrected chi connectivity index (χ0v) is 23.3. The number of ether oxygens (including phenoxy) is 1. The predicted molar refractivity (Wildman–Crippen MR) is 154 cm³/mol. The first-order chi connectivity index (χ1) is 17.8. The van der Waals surface area contributed by atoms with Crippen molar-refractivity contribution in [1.29, 1.82) is 0 Å². The number of esters is 1. The number of rotatable bonds is 5. The van der Waals surface area contributed by atoms with Gasteiger partial charge in [0.1, 0.15) is 5.41 Å². The first-order valence-corrected chi connectivity index (χ1v) is 15.7. The summed E-state index contributed by atoms with van der Waals surface area (Å²) in [4.78, 5) is 14.4. The van der Waals surface area contributed by atoms with Crippen LogP contribution in [0.3, 0.4) is 0 Å². The normalized spacial score (nSPS) is 24.1. The molecule has 3 rings (SSSR count). The highest BCUT2D eigenvalue weighted by Gasteiger charge is 2.48. The Morgan fingerprint density at radius 2 is 0.861 bits per heavy atom. The van der Waals surface area contributed by atoms with Gasteiger partial charge in [-0.25, -0.2) is 4.79 Å². The van der Waals surface area contributed by atoms with Crippen LogP contribution >= 0.6 is 0 Å². The first kappa shape index (κ1) is 29.0. The number of allylic oxidation sites excluding steroid dienone is 3. The third-order valence-corrected chi connectivity index (χ3v) is 8.81. The lowest BCUT2D eigenvalue weighted by molar-refractivity contribution is -0.144. The largest absolute Gasteiger partial charge is 0.434 e. The molecule has 0 aromatic carbocycles. The minimum Gasteiger partial charge on any atom is -0.434 e. The van der Waals surface area contributed by atoms with E-state index in [0.717, 1.165) is 38.5 Å². The van der Waals surface area contributed by atoms with Crippen LogP contribution in [0, 0.1) is 5.41 Å². The van der Waals surface area contributed by atoms with Gasteiger partial charge < -0.3 is 4.74 Å². The second-order valence-electron chi connectivity index (χ2n) is 11.5. The molecule has 2 nitrogen and oxygen atoms in total. The van der Waals surface area contributed by atoms with Gasteiger partial charge in [0, 0.05) is 0 Å². The number of carbonyl (C=O) groups is 1. The van der Waals surface area contributed by atoms with Crippen LogP contribution in [-0.2, 0) is 9.53 Å². The topological polar surface area (TPSA) is 26.3 Å². The zero-order valence-electron chi connectivity index (χ0n) is 23.3. The summed E-state index contributed by atoms with van der Waals surface area (Å²) in [6.07, 6.45) is 38.1. The van der Waals surface area contributed by atoms with Crippen LogP contribution < -0.4 is 0 Å². The van der Waals surface area contributed by atoms with Gasteiger partial charge in [-0.1, -0.05) is 102 Å². The molecule has 0 unspecified atom stereocenters. The summed E-state index contributed by atoms with van der Waals surface area (Å²) in [7, 11) is 0. The Labute approximate surface area is 222 Å². The van der Waals surface area contributed by atoms with Gasteiger partial charge in [0.25, 0.3) is 0 Å². The van der Waals surface area contributed by atoms with Crippen LogP contribution in [0.4, 0.5) is 0 Å². The van der Waals surface area contributed by atoms with Crippen molar-refractivity contribution in [1.82, 2.24) is 0 Å². The van der Waals surface area contributed by atoms with Crippen LogP contribution in [-0.4, -0.2) is 5.97 Å². The molecule has 0 spiro atoms. The van der Waals surface area contributed by atoms with E-state index in [9.17, 15) is 4.79 Å². The quantitative estimate of drug-likeness (QED) is 0.216. The lowest BCUT2D eigenvalue weighted by Crippen LogP contribution is -2.39. The summed E-state index contributed by atoms with van der Waals surface area (Å²) >= 11 is 0. The molecule has 0 heterocycles. The van der Waals surface area contributed by atoms with Crippen LogP contribution in [0.1, 0.15) is 154 Å². The molecule has 2 heteroatoms. The van der Waals surface area contributed by atoms with Crippen LogP contribution in [0.5, 0.6) is 0 Å². The van der Waals surface area contributed by atoms with E-state index < -0.39 is 5.41 Å². The fourth-order valence-corrected chi connectivity index (χ4v) is 6.83. The highest BCUT2D eigenvalue weighted by Crippen LogP contribution is 2.51. The van der Waals surface area contributed by atoms with Crippen molar-refractivity contribution >= 4 is 5.97 Å². The van der Waals surface area contributed by atoms with E-state index in [1.54, 1.807) is 0 Å². The summed E-state index contributed by atoms with van der Waals surface area (Å²) in [5.74, 6) is -0.0765. The van der Waals surface area contributed by atoms with Gasteiger partial charge in [0.05, 0.1) is 6.26 Å². The lowest BCUT2D eigenvalue weighted by atomic mass is 9.63. The third kappa shape index (κ3) is 8.49. The molecule has 36 heavy (non-hydrogen) atoms. The van der Waals surface area contributed by atoms with Crippen LogP contribution in [0.15, 0.2) is 47.8 Å². The second kappa shape index (κ2) is 17.0. The highest BCUT2D eigenvalue weighted by atomic mass is 16.5. The molecule has 0 atom stereocenters. The van der Waals surface area contributed by atoms with Gasteiger partial charge in [-0.2, -0.15) is 0 Å². The molecule has 0 aliphatic heterocycles. The number of hydrogen-bond acceptors (Lipinski definition) is 2. The molecule has 0 saturated heterocycles. The van der Waals surface area contributed by atoms with Crippen molar-refractivity contribution in [2.24, 2.45) is 5.41 Å². The van der Waals surface area contributed by atoms with Crippen molar-refractivity contribution in [3.8, 4) is 0 Å². The van der Waals surface area contributed by atoms with E-state index in [1.165, 1.54) is 139 Å². The Morgan fingerprint density at radius 3 is 1.19 bits per heavy atom. The SMILES string of the molecule is C=COC(=O)C(C1=CCCCCCCCC1)(C1=CCCCCCCCC1)C1=CCCCCCCCC1. The fourth-order valence-electron chi connectivity index (χ4n) is 6.83. The lowest BCUT2D eigenvalue weighted by Gasteiger charge is -2.40. The molecule has 0 radical (unpaired) electrons. The van der Waals surface area contributed by atoms with Crippen LogP contribution in [0.2, 0.25) is 0 Å². The smallest absolute Gasteiger partial charge is 0.329 e. The number of hydrogen-bond donors (Lipinski definition) is 0. The van der Waals surface area contributed by atoms with Gasteiger partial charge in [-0.3, -0.25) is 0 Å². The Hall–Kier alpha value is -1.57. The highest BCUT2D eigenvalue weighted by molar-refractivity contribution is 5.89. The maximum atomic E-state index is 14.4. The molecular formula is C34H54O2. The maximum absolute atomic E-state index is 14.4. The standard InChI is InChI=1S/C34H54O2/c1-2-36-33(35)34(30-24-18-12-6-3-7-13-19-25-30,31-26-20-14-8-4-9-15-21-27-31)32-28-22-16-10-5-11-17-23-29-32/h2,24,26,28H,1,3-23,25,27,29H2. The minimum absolute atomic E-state index is 0.0765. The van der Waals surface area contributed by atoms with E-state index in [4.69, 9.17) is 4.74 Å². The molecule has 0 amide bonds. The Morgan fingerprint density at radius 1 is 0.556 bits per heavy atom. The van der Waals surface area contributed by atoms with Crippen molar-refractivity contribution in [3.05, 3.63) is 47.8 Å². The summed E-state index contributed by atoms with van der Waals surface area (Å²) in [5, 5.41) is 0. The van der Waals surface area contributed by atoms with Gasteiger partial charge in [0.2, 0.25) is 0 Å². The summed E-state index contributed by atoms with van der Waals surface area (Å²) < 4.78 is 5.85. The van der Waals surface area contributed by atoms with E-state index in [1.807, 2.05) is 0 Å². The first-order valence-electron chi connectivity index (χ1n) is 15.7. The zero-order chi connectivity index (χ0) is 25.3. The molecule has 0 fully saturated rings. The Kier molecular flexibility index (Phi) is 13.7. The van der Waals surface area contributed by atoms with Crippen molar-refractivity contribution < 1.29 is 9.53 Å². The molecule has 0 saturated carbocycles. The monoisotopic (exact) mass is 494 g/mol. The van der Waals surface area contributed by atoms with E-state index in [-0.39, 0.29) is 5.97 Å². The van der Waals surface area contributed by atoms with E-state index in [2.05, 4.69) is 24.8 Å². The molecular weight excluding hydrogens is 440 g/mol. The molecule has 3 aliphatic rings. The van der Waals surface area contributed by atoms with E-state index >= 15 is 0 Å². The van der Waals surface area contributed by atoms with Gasteiger partial charge in [-0.05, 0) is 93.8 Å². The average Bonchev–Trinajstić information content (AvgIpc) is 2.90. The molecule has 3 aliphatic carbocycles. The molecule has 0 aromatic rings. The van der Waals surface area contributed by atoms with Crippen molar-refractivity contribution in [2.45, 2.75) is 154 Å². The Balaban J connectivity index is 2.17. The minimum atomic E-state index is -0.716. The fraction of sp³-hybridized carbons (Fsp3) is 0.735. The molecule has 202 valence electrons. The number of carbonyl (C=O) groups excluding carboxylic acids is 1. The summed E-state index contributed by atoms with van der Waals surface area (Å²) in [5.41, 5.74) is 3.33. The van der Waals surface area contributed by atoms with Gasteiger partial charge >= 0.3 is 5.97 Å². The maximum Gasteiger partial charge on any atom is 0.329 e. The third-order valence-electron chi connectivity index (χ3n) is 8.81. The predicted octanol–water partition coefficient (Wildman–Crippen LogP) is 10.8. The van der Waals surface area contributed by atoms with Crippen molar-refractivity contribution in [3.63, 3.8) is 0 Å². The second-order valence-corrected chi connectivity index (χ2v) is 11.5. The van der Waals surface area contributed by atoms with Crippen molar-refractivity contribution in [2.75, 3.05) is 0 Å². The molecule has 0 N–H and O–H groups in total. The average molecular weight is 495 g/mol. The van der Waals surface area contributed by atoms with Gasteiger partial charge in [-0.15, -0.1) is 0 Å². The van der Waals surface area contributed by atoms with Gasteiger partial charge in [0.15, 0.2) is 0 Å².